The summed E-state index contributed by atoms with van der Waals surface area (Å²) in [6.07, 6.45) is -0.105. The van der Waals surface area contributed by atoms with Crippen molar-refractivity contribution < 1.29 is 17.9 Å². The Morgan fingerprint density at radius 2 is 1.63 bits per heavy atom. The van der Waals surface area contributed by atoms with Gasteiger partial charge in [-0.15, -0.1) is 0 Å². The van der Waals surface area contributed by atoms with Gasteiger partial charge in [0, 0.05) is 5.69 Å². The summed E-state index contributed by atoms with van der Waals surface area (Å²) in [4.78, 5) is 12.2. The SMILES string of the molecule is CCOC(=O)CC(NS(=O)(=O)c1cccc(-c2cccc(N)c2)c1)c1ccccc1. The molecule has 0 saturated heterocycles. The van der Waals surface area contributed by atoms with Crippen LogP contribution in [0.5, 0.6) is 0 Å². The number of carbonyl (C=O) groups is 1. The summed E-state index contributed by atoms with van der Waals surface area (Å²) >= 11 is 0. The number of hydrogen-bond donors (Lipinski definition) is 2. The van der Waals surface area contributed by atoms with E-state index in [1.54, 1.807) is 55.5 Å². The number of carbonyl (C=O) groups excluding carboxylic acids is 1. The van der Waals surface area contributed by atoms with E-state index in [1.165, 1.54) is 6.07 Å². The van der Waals surface area contributed by atoms with Crippen molar-refractivity contribution >= 4 is 21.7 Å². The fourth-order valence-corrected chi connectivity index (χ4v) is 4.39. The summed E-state index contributed by atoms with van der Waals surface area (Å²) in [6.45, 7) is 1.94. The molecule has 3 rings (SSSR count). The Morgan fingerprint density at radius 3 is 2.30 bits per heavy atom. The van der Waals surface area contributed by atoms with Crippen LogP contribution in [0.25, 0.3) is 11.1 Å². The zero-order valence-electron chi connectivity index (χ0n) is 16.6. The quantitative estimate of drug-likeness (QED) is 0.422. The Bertz CT molecular complexity index is 1110. The lowest BCUT2D eigenvalue weighted by Crippen LogP contribution is -2.30. The number of nitrogens with two attached hydrogens (primary N) is 1. The van der Waals surface area contributed by atoms with Crippen LogP contribution in [-0.4, -0.2) is 21.0 Å². The fraction of sp³-hybridized carbons (Fsp3) is 0.174. The Kier molecular flexibility index (Phi) is 6.87. The van der Waals surface area contributed by atoms with Crippen LogP contribution in [-0.2, 0) is 19.6 Å². The number of nitrogens with one attached hydrogen (secondary N) is 1. The molecular weight excluding hydrogens is 400 g/mol. The van der Waals surface area contributed by atoms with E-state index in [2.05, 4.69) is 4.72 Å². The molecule has 0 aliphatic heterocycles. The molecule has 0 aromatic heterocycles. The lowest BCUT2D eigenvalue weighted by atomic mass is 10.1. The third kappa shape index (κ3) is 5.46. The summed E-state index contributed by atoms with van der Waals surface area (Å²) in [5.74, 6) is -0.470. The molecule has 156 valence electrons. The number of anilines is 1. The van der Waals surface area contributed by atoms with Crippen LogP contribution < -0.4 is 10.5 Å². The standard InChI is InChI=1S/C23H24N2O4S/c1-2-29-23(26)16-22(17-8-4-3-5-9-17)25-30(27,28)21-13-7-11-19(15-21)18-10-6-12-20(24)14-18/h3-15,22,25H,2,16,24H2,1H3. The maximum absolute atomic E-state index is 13.1. The van der Waals surface area contributed by atoms with Crippen LogP contribution in [0.2, 0.25) is 0 Å². The maximum atomic E-state index is 13.1. The molecule has 3 N–H and O–H groups in total. The number of esters is 1. The molecule has 1 atom stereocenters. The predicted molar refractivity (Wildman–Crippen MR) is 117 cm³/mol. The van der Waals surface area contributed by atoms with Crippen LogP contribution in [0.1, 0.15) is 24.9 Å². The van der Waals surface area contributed by atoms with Gasteiger partial charge in [0.2, 0.25) is 10.0 Å². The highest BCUT2D eigenvalue weighted by Crippen LogP contribution is 2.26. The number of benzene rings is 3. The van der Waals surface area contributed by atoms with Crippen molar-refractivity contribution in [3.8, 4) is 11.1 Å². The number of sulfonamides is 1. The first-order valence-electron chi connectivity index (χ1n) is 9.58. The summed E-state index contributed by atoms with van der Waals surface area (Å²) in [6, 6.07) is 22.1. The van der Waals surface area contributed by atoms with Crippen LogP contribution in [0, 0.1) is 0 Å². The fourth-order valence-electron chi connectivity index (χ4n) is 3.12. The Labute approximate surface area is 176 Å². The lowest BCUT2D eigenvalue weighted by molar-refractivity contribution is -0.143. The Morgan fingerprint density at radius 1 is 0.967 bits per heavy atom. The topological polar surface area (TPSA) is 98.5 Å². The molecule has 0 bridgehead atoms. The van der Waals surface area contributed by atoms with Gasteiger partial charge in [-0.05, 0) is 47.9 Å². The van der Waals surface area contributed by atoms with Gasteiger partial charge < -0.3 is 10.5 Å². The van der Waals surface area contributed by atoms with Gasteiger partial charge in [-0.25, -0.2) is 13.1 Å². The monoisotopic (exact) mass is 424 g/mol. The summed E-state index contributed by atoms with van der Waals surface area (Å²) in [5.41, 5.74) is 8.67. The Balaban J connectivity index is 1.91. The molecule has 0 radical (unpaired) electrons. The molecule has 1 unspecified atom stereocenters. The van der Waals surface area contributed by atoms with E-state index in [-0.39, 0.29) is 17.9 Å². The van der Waals surface area contributed by atoms with Crippen molar-refractivity contribution in [2.45, 2.75) is 24.3 Å². The van der Waals surface area contributed by atoms with E-state index in [0.29, 0.717) is 11.3 Å². The minimum Gasteiger partial charge on any atom is -0.466 e. The van der Waals surface area contributed by atoms with Crippen molar-refractivity contribution in [1.82, 2.24) is 4.72 Å². The second-order valence-corrected chi connectivity index (χ2v) is 8.46. The molecule has 0 spiro atoms. The number of hydrogen-bond acceptors (Lipinski definition) is 5. The first kappa shape index (κ1) is 21.5. The number of rotatable bonds is 8. The van der Waals surface area contributed by atoms with Gasteiger partial charge in [-0.2, -0.15) is 0 Å². The first-order valence-corrected chi connectivity index (χ1v) is 11.1. The lowest BCUT2D eigenvalue weighted by Gasteiger charge is -2.19. The van der Waals surface area contributed by atoms with Crippen LogP contribution in [0.4, 0.5) is 5.69 Å². The van der Waals surface area contributed by atoms with E-state index in [9.17, 15) is 13.2 Å². The zero-order chi connectivity index (χ0) is 21.6. The molecule has 0 saturated carbocycles. The molecule has 0 fully saturated rings. The third-order valence-electron chi connectivity index (χ3n) is 4.54. The van der Waals surface area contributed by atoms with Crippen molar-refractivity contribution in [3.05, 3.63) is 84.4 Å². The second-order valence-electron chi connectivity index (χ2n) is 6.75. The minimum atomic E-state index is -3.90. The highest BCUT2D eigenvalue weighted by molar-refractivity contribution is 7.89. The van der Waals surface area contributed by atoms with Crippen LogP contribution in [0.15, 0.2) is 83.8 Å². The number of ether oxygens (including phenoxy) is 1. The van der Waals surface area contributed by atoms with Gasteiger partial charge in [0.25, 0.3) is 0 Å². The molecule has 0 aliphatic carbocycles. The average molecular weight is 425 g/mol. The summed E-state index contributed by atoms with van der Waals surface area (Å²) < 4.78 is 33.9. The van der Waals surface area contributed by atoms with Gasteiger partial charge in [0.1, 0.15) is 0 Å². The first-order chi connectivity index (χ1) is 14.4. The maximum Gasteiger partial charge on any atom is 0.307 e. The second kappa shape index (κ2) is 9.56. The third-order valence-corrected chi connectivity index (χ3v) is 6.01. The predicted octanol–water partition coefficient (Wildman–Crippen LogP) is 3.91. The molecule has 30 heavy (non-hydrogen) atoms. The van der Waals surface area contributed by atoms with Crippen molar-refractivity contribution in [2.75, 3.05) is 12.3 Å². The highest BCUT2D eigenvalue weighted by Gasteiger charge is 2.24. The van der Waals surface area contributed by atoms with E-state index in [0.717, 1.165) is 11.1 Å². The molecule has 0 heterocycles. The smallest absolute Gasteiger partial charge is 0.307 e. The Hall–Kier alpha value is -3.16. The average Bonchev–Trinajstić information content (AvgIpc) is 2.74. The molecular formula is C23H24N2O4S. The normalized spacial score (nSPS) is 12.3. The van der Waals surface area contributed by atoms with Gasteiger partial charge >= 0.3 is 5.97 Å². The zero-order valence-corrected chi connectivity index (χ0v) is 17.4. The van der Waals surface area contributed by atoms with E-state index < -0.39 is 22.0 Å². The summed E-state index contributed by atoms with van der Waals surface area (Å²) in [5, 5.41) is 0. The summed E-state index contributed by atoms with van der Waals surface area (Å²) in [7, 11) is -3.90. The molecule has 0 aliphatic rings. The van der Waals surface area contributed by atoms with Crippen molar-refractivity contribution in [2.24, 2.45) is 0 Å². The van der Waals surface area contributed by atoms with E-state index in [4.69, 9.17) is 10.5 Å². The highest BCUT2D eigenvalue weighted by atomic mass is 32.2. The molecule has 3 aromatic carbocycles. The molecule has 7 heteroatoms. The van der Waals surface area contributed by atoms with Gasteiger partial charge in [-0.3, -0.25) is 4.79 Å². The van der Waals surface area contributed by atoms with E-state index >= 15 is 0 Å². The molecule has 6 nitrogen and oxygen atoms in total. The van der Waals surface area contributed by atoms with Gasteiger partial charge in [-0.1, -0.05) is 54.6 Å². The van der Waals surface area contributed by atoms with Gasteiger partial charge in [0.15, 0.2) is 0 Å². The molecule has 0 amide bonds. The number of nitrogen functional groups attached to an aromatic ring is 1. The molecule has 3 aromatic rings. The van der Waals surface area contributed by atoms with Crippen molar-refractivity contribution in [1.29, 1.82) is 0 Å². The van der Waals surface area contributed by atoms with Gasteiger partial charge in [0.05, 0.1) is 24.0 Å². The largest absolute Gasteiger partial charge is 0.466 e. The minimum absolute atomic E-state index is 0.104. The van der Waals surface area contributed by atoms with Crippen molar-refractivity contribution in [3.63, 3.8) is 0 Å². The van der Waals surface area contributed by atoms with Crippen LogP contribution in [0.3, 0.4) is 0 Å². The van der Waals surface area contributed by atoms with E-state index in [1.807, 2.05) is 24.3 Å². The van der Waals surface area contributed by atoms with Crippen LogP contribution >= 0.6 is 0 Å².